The average Bonchev–Trinajstić information content (AvgIpc) is 2.91. The summed E-state index contributed by atoms with van der Waals surface area (Å²) >= 11 is 0. The third-order valence-corrected chi connectivity index (χ3v) is 4.32. The molecule has 0 saturated carbocycles. The van der Waals surface area contributed by atoms with Crippen molar-refractivity contribution < 1.29 is 19.4 Å². The lowest BCUT2D eigenvalue weighted by molar-refractivity contribution is -0.135. The Balaban J connectivity index is 3.06. The molecule has 0 spiro atoms. The highest BCUT2D eigenvalue weighted by Gasteiger charge is 2.36. The fourth-order valence-electron chi connectivity index (χ4n) is 2.73. The summed E-state index contributed by atoms with van der Waals surface area (Å²) in [6.45, 7) is 8.17. The predicted molar refractivity (Wildman–Crippen MR) is 91.9 cm³/mol. The Morgan fingerprint density at radius 1 is 1.39 bits per heavy atom. The molecular formula is C19H30O4. The van der Waals surface area contributed by atoms with Crippen LogP contribution in [0.15, 0.2) is 35.1 Å². The molecular weight excluding hydrogens is 292 g/mol. The Morgan fingerprint density at radius 2 is 2.09 bits per heavy atom. The molecule has 0 aromatic rings. The van der Waals surface area contributed by atoms with Crippen LogP contribution in [0.25, 0.3) is 0 Å². The Labute approximate surface area is 139 Å². The topological polar surface area (TPSA) is 55.8 Å². The molecule has 4 heteroatoms. The van der Waals surface area contributed by atoms with E-state index < -0.39 is 17.7 Å². The van der Waals surface area contributed by atoms with E-state index in [4.69, 9.17) is 9.47 Å². The van der Waals surface area contributed by atoms with E-state index in [1.807, 2.05) is 19.9 Å². The van der Waals surface area contributed by atoms with Crippen LogP contribution in [-0.4, -0.2) is 29.9 Å². The van der Waals surface area contributed by atoms with Gasteiger partial charge in [-0.2, -0.15) is 0 Å². The number of methoxy groups -OCH3 is 1. The zero-order valence-corrected chi connectivity index (χ0v) is 15.0. The van der Waals surface area contributed by atoms with Gasteiger partial charge in [-0.25, -0.2) is 4.79 Å². The Morgan fingerprint density at radius 3 is 2.57 bits per heavy atom. The number of carbonyl (C=O) groups is 1. The van der Waals surface area contributed by atoms with E-state index in [-0.39, 0.29) is 0 Å². The van der Waals surface area contributed by atoms with Gasteiger partial charge in [0.05, 0.1) is 19.3 Å². The van der Waals surface area contributed by atoms with Crippen LogP contribution in [0.3, 0.4) is 0 Å². The van der Waals surface area contributed by atoms with Gasteiger partial charge in [0.2, 0.25) is 0 Å². The maximum absolute atomic E-state index is 11.5. The normalized spacial score (nSPS) is 24.3. The van der Waals surface area contributed by atoms with Crippen molar-refractivity contribution in [2.45, 2.75) is 71.5 Å². The molecule has 0 aromatic heterocycles. The molecule has 130 valence electrons. The molecule has 4 nitrogen and oxygen atoms in total. The summed E-state index contributed by atoms with van der Waals surface area (Å²) in [4.78, 5) is 11.5. The summed E-state index contributed by atoms with van der Waals surface area (Å²) in [6.07, 6.45) is 8.95. The van der Waals surface area contributed by atoms with Gasteiger partial charge in [0, 0.05) is 6.42 Å². The summed E-state index contributed by atoms with van der Waals surface area (Å²) in [7, 11) is 1.36. The van der Waals surface area contributed by atoms with Gasteiger partial charge in [-0.15, -0.1) is 0 Å². The molecule has 0 aromatic carbocycles. The molecule has 0 radical (unpaired) electrons. The molecule has 0 bridgehead atoms. The second kappa shape index (κ2) is 8.92. The molecule has 23 heavy (non-hydrogen) atoms. The highest BCUT2D eigenvalue weighted by Crippen LogP contribution is 2.40. The largest absolute Gasteiger partial charge is 0.482 e. The van der Waals surface area contributed by atoms with Gasteiger partial charge >= 0.3 is 5.97 Å². The molecule has 0 amide bonds. The molecule has 1 rings (SSSR count). The van der Waals surface area contributed by atoms with Crippen LogP contribution < -0.4 is 0 Å². The summed E-state index contributed by atoms with van der Waals surface area (Å²) in [5.74, 6) is 0.201. The van der Waals surface area contributed by atoms with Crippen molar-refractivity contribution in [3.05, 3.63) is 35.1 Å². The highest BCUT2D eigenvalue weighted by atomic mass is 16.5. The Hall–Kier alpha value is -1.55. The second-order valence-corrected chi connectivity index (χ2v) is 5.91. The first-order chi connectivity index (χ1) is 10.9. The van der Waals surface area contributed by atoms with E-state index in [2.05, 4.69) is 19.9 Å². The number of rotatable bonds is 8. The standard InChI is InChI=1S/C19H30O4/c1-6-14(10-16(20)8-3)12-19(9-4)13-15(7-2)17(23-19)11-18(21)22-5/h10-11,13,16,20H,6-9,12H2,1-5H3/t16-,19-/m1/s1. The number of aliphatic hydroxyl groups is 1. The summed E-state index contributed by atoms with van der Waals surface area (Å²) in [6, 6.07) is 0. The van der Waals surface area contributed by atoms with Crippen molar-refractivity contribution in [3.63, 3.8) is 0 Å². The van der Waals surface area contributed by atoms with Crippen LogP contribution in [-0.2, 0) is 14.3 Å². The molecule has 1 aliphatic heterocycles. The Bertz CT molecular complexity index is 501. The fourth-order valence-corrected chi connectivity index (χ4v) is 2.73. The predicted octanol–water partition coefficient (Wildman–Crippen LogP) is 4.06. The van der Waals surface area contributed by atoms with Gasteiger partial charge in [-0.3, -0.25) is 0 Å². The van der Waals surface area contributed by atoms with E-state index in [1.165, 1.54) is 18.8 Å². The van der Waals surface area contributed by atoms with Crippen molar-refractivity contribution in [1.29, 1.82) is 0 Å². The molecule has 1 N–H and O–H groups in total. The van der Waals surface area contributed by atoms with Crippen molar-refractivity contribution in [1.82, 2.24) is 0 Å². The lowest BCUT2D eigenvalue weighted by Gasteiger charge is -2.28. The number of esters is 1. The maximum Gasteiger partial charge on any atom is 0.334 e. The quantitative estimate of drug-likeness (QED) is 0.416. The van der Waals surface area contributed by atoms with Gasteiger partial charge in [-0.1, -0.05) is 39.3 Å². The molecule has 2 atom stereocenters. The number of allylic oxidation sites excluding steroid dienone is 1. The third-order valence-electron chi connectivity index (χ3n) is 4.32. The molecule has 1 heterocycles. The second-order valence-electron chi connectivity index (χ2n) is 5.91. The lowest BCUT2D eigenvalue weighted by Crippen LogP contribution is -2.26. The average molecular weight is 322 g/mol. The van der Waals surface area contributed by atoms with Gasteiger partial charge in [0.25, 0.3) is 0 Å². The van der Waals surface area contributed by atoms with Crippen molar-refractivity contribution in [2.24, 2.45) is 0 Å². The zero-order chi connectivity index (χ0) is 17.5. The van der Waals surface area contributed by atoms with Gasteiger partial charge < -0.3 is 14.6 Å². The van der Waals surface area contributed by atoms with Crippen LogP contribution in [0.4, 0.5) is 0 Å². The zero-order valence-electron chi connectivity index (χ0n) is 15.0. The SMILES string of the molecule is CCC(=C[C@H](O)CC)C[C@]1(CC)C=C(CC)C(=CC(=O)OC)O1. The van der Waals surface area contributed by atoms with Crippen LogP contribution in [0.2, 0.25) is 0 Å². The van der Waals surface area contributed by atoms with Gasteiger partial charge in [-0.05, 0) is 37.3 Å². The minimum absolute atomic E-state index is 0.404. The molecule has 0 unspecified atom stereocenters. The van der Waals surface area contributed by atoms with Crippen LogP contribution in [0.5, 0.6) is 0 Å². The Kier molecular flexibility index (Phi) is 7.56. The lowest BCUT2D eigenvalue weighted by atomic mass is 9.89. The van der Waals surface area contributed by atoms with E-state index in [9.17, 15) is 9.90 Å². The number of hydrogen-bond donors (Lipinski definition) is 1. The van der Waals surface area contributed by atoms with Gasteiger partial charge in [0.1, 0.15) is 11.4 Å². The van der Waals surface area contributed by atoms with Crippen LogP contribution >= 0.6 is 0 Å². The fraction of sp³-hybridized carbons (Fsp3) is 0.632. The van der Waals surface area contributed by atoms with E-state index >= 15 is 0 Å². The van der Waals surface area contributed by atoms with Gasteiger partial charge in [0.15, 0.2) is 0 Å². The third kappa shape index (κ3) is 5.24. The van der Waals surface area contributed by atoms with E-state index in [0.717, 1.165) is 31.3 Å². The minimum Gasteiger partial charge on any atom is -0.482 e. The number of carbonyl (C=O) groups excluding carboxylic acids is 1. The summed E-state index contributed by atoms with van der Waals surface area (Å²) in [5.41, 5.74) is 1.76. The first-order valence-electron chi connectivity index (χ1n) is 8.51. The van der Waals surface area contributed by atoms with Crippen LogP contribution in [0.1, 0.15) is 59.8 Å². The summed E-state index contributed by atoms with van der Waals surface area (Å²) < 4.78 is 10.9. The maximum atomic E-state index is 11.5. The number of hydrogen-bond acceptors (Lipinski definition) is 4. The molecule has 0 fully saturated rings. The minimum atomic E-state index is -0.444. The van der Waals surface area contributed by atoms with Crippen molar-refractivity contribution in [2.75, 3.05) is 7.11 Å². The first kappa shape index (κ1) is 19.5. The van der Waals surface area contributed by atoms with Crippen LogP contribution in [0, 0.1) is 0 Å². The molecule has 0 aliphatic carbocycles. The van der Waals surface area contributed by atoms with E-state index in [1.54, 1.807) is 0 Å². The first-order valence-corrected chi connectivity index (χ1v) is 8.51. The highest BCUT2D eigenvalue weighted by molar-refractivity contribution is 5.83. The molecule has 0 saturated heterocycles. The molecule has 1 aliphatic rings. The number of aliphatic hydroxyl groups excluding tert-OH is 1. The van der Waals surface area contributed by atoms with Crippen molar-refractivity contribution in [3.8, 4) is 0 Å². The smallest absolute Gasteiger partial charge is 0.334 e. The number of ether oxygens (including phenoxy) is 2. The van der Waals surface area contributed by atoms with E-state index in [0.29, 0.717) is 12.2 Å². The van der Waals surface area contributed by atoms with Crippen molar-refractivity contribution >= 4 is 5.97 Å². The summed E-state index contributed by atoms with van der Waals surface area (Å²) in [5, 5.41) is 9.89. The monoisotopic (exact) mass is 322 g/mol.